The van der Waals surface area contributed by atoms with Crippen molar-refractivity contribution >= 4 is 15.9 Å². The highest BCUT2D eigenvalue weighted by Gasteiger charge is 2.29. The number of nitrogens with zero attached hydrogens (tertiary/aromatic N) is 3. The van der Waals surface area contributed by atoms with E-state index in [1.807, 2.05) is 0 Å². The molecule has 5 heteroatoms. The van der Waals surface area contributed by atoms with Gasteiger partial charge < -0.3 is 10.3 Å². The van der Waals surface area contributed by atoms with E-state index in [4.69, 9.17) is 5.73 Å². The molecular formula is C13H15BrN4. The Balaban J connectivity index is 2.13. The van der Waals surface area contributed by atoms with E-state index in [-0.39, 0.29) is 0 Å². The van der Waals surface area contributed by atoms with Crippen LogP contribution >= 0.6 is 15.9 Å². The van der Waals surface area contributed by atoms with Crippen LogP contribution in [-0.4, -0.2) is 14.8 Å². The smallest absolute Gasteiger partial charge is 0.164 e. The number of nitrogens with two attached hydrogens (primary N) is 1. The molecule has 0 atom stereocenters. The van der Waals surface area contributed by atoms with Gasteiger partial charge >= 0.3 is 0 Å². The van der Waals surface area contributed by atoms with Crippen molar-refractivity contribution in [3.8, 4) is 11.4 Å². The fourth-order valence-electron chi connectivity index (χ4n) is 2.24. The molecule has 94 valence electrons. The molecular weight excluding hydrogens is 292 g/mol. The van der Waals surface area contributed by atoms with Crippen molar-refractivity contribution in [3.05, 3.63) is 34.1 Å². The van der Waals surface area contributed by atoms with Gasteiger partial charge in [-0.1, -0.05) is 15.9 Å². The minimum atomic E-state index is 0.441. The van der Waals surface area contributed by atoms with E-state index in [1.165, 1.54) is 18.4 Å². The zero-order valence-corrected chi connectivity index (χ0v) is 11.8. The minimum Gasteiger partial charge on any atom is -0.324 e. The van der Waals surface area contributed by atoms with E-state index in [1.54, 1.807) is 0 Å². The molecule has 2 aromatic rings. The normalized spacial score (nSPS) is 15.1. The molecule has 0 unspecified atom stereocenters. The summed E-state index contributed by atoms with van der Waals surface area (Å²) in [5.41, 5.74) is 8.04. The Morgan fingerprint density at radius 3 is 2.72 bits per heavy atom. The van der Waals surface area contributed by atoms with E-state index >= 15 is 0 Å². The van der Waals surface area contributed by atoms with Gasteiger partial charge in [-0.25, -0.2) is 0 Å². The summed E-state index contributed by atoms with van der Waals surface area (Å²) < 4.78 is 3.26. The first-order chi connectivity index (χ1) is 8.69. The molecule has 1 fully saturated rings. The van der Waals surface area contributed by atoms with Crippen LogP contribution in [0.25, 0.3) is 11.4 Å². The number of aryl methyl sites for hydroxylation is 1. The molecule has 0 radical (unpaired) electrons. The van der Waals surface area contributed by atoms with Crippen molar-refractivity contribution in [2.75, 3.05) is 0 Å². The Kier molecular flexibility index (Phi) is 2.95. The molecule has 1 aliphatic carbocycles. The molecule has 1 heterocycles. The molecule has 18 heavy (non-hydrogen) atoms. The predicted molar refractivity (Wildman–Crippen MR) is 74.1 cm³/mol. The lowest BCUT2D eigenvalue weighted by Gasteiger charge is -2.09. The molecule has 1 aliphatic rings. The van der Waals surface area contributed by atoms with Gasteiger partial charge in [-0.2, -0.15) is 0 Å². The Morgan fingerprint density at radius 2 is 2.11 bits per heavy atom. The van der Waals surface area contributed by atoms with Crippen molar-refractivity contribution in [1.29, 1.82) is 0 Å². The monoisotopic (exact) mass is 306 g/mol. The van der Waals surface area contributed by atoms with Gasteiger partial charge in [-0.3, -0.25) is 0 Å². The first kappa shape index (κ1) is 11.9. The van der Waals surface area contributed by atoms with Crippen LogP contribution in [0, 0.1) is 6.92 Å². The second kappa shape index (κ2) is 4.48. The molecule has 1 aromatic carbocycles. The average Bonchev–Trinajstić information content (AvgIpc) is 3.07. The molecule has 1 aromatic heterocycles. The van der Waals surface area contributed by atoms with Crippen molar-refractivity contribution in [2.45, 2.75) is 32.4 Å². The number of halogens is 1. The van der Waals surface area contributed by atoms with Gasteiger partial charge in [0.15, 0.2) is 5.82 Å². The second-order valence-electron chi connectivity index (χ2n) is 4.76. The van der Waals surface area contributed by atoms with Gasteiger partial charge in [-0.15, -0.1) is 10.2 Å². The highest BCUT2D eigenvalue weighted by molar-refractivity contribution is 9.10. The molecule has 3 rings (SSSR count). The fraction of sp³-hybridized carbons (Fsp3) is 0.385. The van der Waals surface area contributed by atoms with Crippen LogP contribution < -0.4 is 5.73 Å². The van der Waals surface area contributed by atoms with Gasteiger partial charge in [0.2, 0.25) is 0 Å². The summed E-state index contributed by atoms with van der Waals surface area (Å²) in [5, 5.41) is 8.52. The number of benzene rings is 1. The summed E-state index contributed by atoms with van der Waals surface area (Å²) >= 11 is 3.53. The standard InChI is InChI=1S/C13H15BrN4/c1-8-4-9(6-10(14)5-8)13-17-16-12(7-15)18(13)11-2-3-11/h4-6,11H,2-3,7,15H2,1H3. The average molecular weight is 307 g/mol. The van der Waals surface area contributed by atoms with E-state index in [0.29, 0.717) is 12.6 Å². The maximum atomic E-state index is 5.73. The minimum absolute atomic E-state index is 0.441. The fourth-order valence-corrected chi connectivity index (χ4v) is 2.85. The Morgan fingerprint density at radius 1 is 1.33 bits per heavy atom. The molecule has 0 saturated heterocycles. The zero-order valence-electron chi connectivity index (χ0n) is 10.2. The van der Waals surface area contributed by atoms with Gasteiger partial charge in [0.1, 0.15) is 5.82 Å². The Bertz CT molecular complexity index is 566. The zero-order chi connectivity index (χ0) is 12.7. The van der Waals surface area contributed by atoms with Crippen LogP contribution in [0.3, 0.4) is 0 Å². The quantitative estimate of drug-likeness (QED) is 0.948. The third kappa shape index (κ3) is 2.08. The second-order valence-corrected chi connectivity index (χ2v) is 5.68. The lowest BCUT2D eigenvalue weighted by atomic mass is 10.1. The number of hydrogen-bond acceptors (Lipinski definition) is 3. The molecule has 0 spiro atoms. The van der Waals surface area contributed by atoms with Gasteiger partial charge in [0, 0.05) is 16.1 Å². The lowest BCUT2D eigenvalue weighted by molar-refractivity contribution is 0.688. The van der Waals surface area contributed by atoms with Gasteiger partial charge in [0.25, 0.3) is 0 Å². The first-order valence-corrected chi connectivity index (χ1v) is 6.89. The number of aromatic nitrogens is 3. The predicted octanol–water partition coefficient (Wildman–Crippen LogP) is 2.81. The van der Waals surface area contributed by atoms with Crippen LogP contribution in [0.1, 0.15) is 30.3 Å². The third-order valence-electron chi connectivity index (χ3n) is 3.16. The first-order valence-electron chi connectivity index (χ1n) is 6.10. The van der Waals surface area contributed by atoms with Crippen molar-refractivity contribution in [2.24, 2.45) is 5.73 Å². The van der Waals surface area contributed by atoms with E-state index < -0.39 is 0 Å². The summed E-state index contributed by atoms with van der Waals surface area (Å²) in [6.07, 6.45) is 2.40. The Labute approximate surface area is 114 Å². The van der Waals surface area contributed by atoms with Crippen LogP contribution in [0.15, 0.2) is 22.7 Å². The van der Waals surface area contributed by atoms with Crippen LogP contribution in [0.5, 0.6) is 0 Å². The van der Waals surface area contributed by atoms with Gasteiger partial charge in [-0.05, 0) is 43.5 Å². The number of hydrogen-bond donors (Lipinski definition) is 1. The summed E-state index contributed by atoms with van der Waals surface area (Å²) in [7, 11) is 0. The van der Waals surface area contributed by atoms with Crippen molar-refractivity contribution in [1.82, 2.24) is 14.8 Å². The summed E-state index contributed by atoms with van der Waals surface area (Å²) in [5.74, 6) is 1.81. The SMILES string of the molecule is Cc1cc(Br)cc(-c2nnc(CN)n2C2CC2)c1. The van der Waals surface area contributed by atoms with Crippen LogP contribution in [0.2, 0.25) is 0 Å². The molecule has 0 bridgehead atoms. The van der Waals surface area contributed by atoms with Crippen molar-refractivity contribution < 1.29 is 0 Å². The largest absolute Gasteiger partial charge is 0.324 e. The number of rotatable bonds is 3. The van der Waals surface area contributed by atoms with E-state index in [0.717, 1.165) is 21.7 Å². The van der Waals surface area contributed by atoms with Crippen LogP contribution in [0.4, 0.5) is 0 Å². The molecule has 0 amide bonds. The van der Waals surface area contributed by atoms with Crippen LogP contribution in [-0.2, 0) is 6.54 Å². The summed E-state index contributed by atoms with van der Waals surface area (Å²) in [4.78, 5) is 0. The highest BCUT2D eigenvalue weighted by Crippen LogP contribution is 2.39. The summed E-state index contributed by atoms with van der Waals surface area (Å²) in [6.45, 7) is 2.52. The lowest BCUT2D eigenvalue weighted by Crippen LogP contribution is -2.08. The van der Waals surface area contributed by atoms with Crippen molar-refractivity contribution in [3.63, 3.8) is 0 Å². The Hall–Kier alpha value is -1.20. The maximum absolute atomic E-state index is 5.73. The van der Waals surface area contributed by atoms with Gasteiger partial charge in [0.05, 0.1) is 6.54 Å². The topological polar surface area (TPSA) is 56.7 Å². The molecule has 1 saturated carbocycles. The molecule has 0 aliphatic heterocycles. The van der Waals surface area contributed by atoms with E-state index in [2.05, 4.69) is 55.8 Å². The third-order valence-corrected chi connectivity index (χ3v) is 3.62. The maximum Gasteiger partial charge on any atom is 0.164 e. The van der Waals surface area contributed by atoms with E-state index in [9.17, 15) is 0 Å². The highest BCUT2D eigenvalue weighted by atomic mass is 79.9. The summed E-state index contributed by atoms with van der Waals surface area (Å²) in [6, 6.07) is 6.84. The molecule has 4 nitrogen and oxygen atoms in total. The molecule has 2 N–H and O–H groups in total.